The van der Waals surface area contributed by atoms with Crippen molar-refractivity contribution >= 4 is 11.6 Å². The first-order chi connectivity index (χ1) is 9.70. The fourth-order valence-corrected chi connectivity index (χ4v) is 2.72. The molecule has 0 saturated carbocycles. The van der Waals surface area contributed by atoms with Crippen LogP contribution in [-0.4, -0.2) is 42.4 Å². The highest BCUT2D eigenvalue weighted by Gasteiger charge is 2.21. The number of benzene rings is 1. The van der Waals surface area contributed by atoms with Crippen LogP contribution in [0.15, 0.2) is 18.2 Å². The first-order valence-corrected chi connectivity index (χ1v) is 7.59. The van der Waals surface area contributed by atoms with Gasteiger partial charge in [-0.25, -0.2) is 0 Å². The normalized spacial score (nSPS) is 17.5. The fourth-order valence-electron chi connectivity index (χ4n) is 2.49. The van der Waals surface area contributed by atoms with Crippen molar-refractivity contribution in [3.05, 3.63) is 28.8 Å². The molecule has 1 heterocycles. The van der Waals surface area contributed by atoms with Crippen LogP contribution in [0.3, 0.4) is 0 Å². The molecule has 0 unspecified atom stereocenters. The number of hydrogen-bond acceptors (Lipinski definition) is 4. The number of likely N-dealkylation sites (tertiary alicyclic amines) is 1. The Hall–Kier alpha value is -0.810. The summed E-state index contributed by atoms with van der Waals surface area (Å²) < 4.78 is 5.79. The summed E-state index contributed by atoms with van der Waals surface area (Å²) in [7, 11) is 0. The van der Waals surface area contributed by atoms with Crippen molar-refractivity contribution in [1.82, 2.24) is 4.90 Å². The average Bonchev–Trinajstić information content (AvgIpc) is 2.45. The molecule has 1 aromatic carbocycles. The van der Waals surface area contributed by atoms with Gasteiger partial charge in [0.05, 0.1) is 6.10 Å². The molecule has 0 aromatic heterocycles. The molecule has 1 saturated heterocycles. The van der Waals surface area contributed by atoms with Crippen molar-refractivity contribution in [3.8, 4) is 5.75 Å². The third-order valence-corrected chi connectivity index (χ3v) is 4.07. The number of ether oxygens (including phenoxy) is 1. The standard InChI is InChI=1S/C15H23ClN2O2/c16-14-3-1-4-15(19)13(14)11-18-8-5-12(6-9-18)20-10-2-7-17/h1,3-4,12,19H,2,5-11,17H2. The molecular weight excluding hydrogens is 276 g/mol. The number of rotatable bonds is 6. The summed E-state index contributed by atoms with van der Waals surface area (Å²) in [5, 5.41) is 10.5. The molecule has 1 fully saturated rings. The molecule has 0 bridgehead atoms. The molecule has 0 radical (unpaired) electrons. The van der Waals surface area contributed by atoms with Crippen LogP contribution in [0.1, 0.15) is 24.8 Å². The zero-order valence-electron chi connectivity index (χ0n) is 11.7. The second-order valence-electron chi connectivity index (χ2n) is 5.23. The maximum atomic E-state index is 9.87. The molecule has 1 aliphatic heterocycles. The second kappa shape index (κ2) is 7.84. The van der Waals surface area contributed by atoms with Gasteiger partial charge in [0.25, 0.3) is 0 Å². The summed E-state index contributed by atoms with van der Waals surface area (Å²) in [6, 6.07) is 5.27. The maximum Gasteiger partial charge on any atom is 0.121 e. The van der Waals surface area contributed by atoms with Crippen LogP contribution in [0.25, 0.3) is 0 Å². The second-order valence-corrected chi connectivity index (χ2v) is 5.63. The molecule has 0 aliphatic carbocycles. The first kappa shape index (κ1) is 15.6. The van der Waals surface area contributed by atoms with Crippen molar-refractivity contribution in [1.29, 1.82) is 0 Å². The summed E-state index contributed by atoms with van der Waals surface area (Å²) in [5.41, 5.74) is 6.27. The molecule has 20 heavy (non-hydrogen) atoms. The molecular formula is C15H23ClN2O2. The van der Waals surface area contributed by atoms with Crippen LogP contribution in [0.2, 0.25) is 5.02 Å². The highest BCUT2D eigenvalue weighted by Crippen LogP contribution is 2.27. The van der Waals surface area contributed by atoms with E-state index in [9.17, 15) is 5.11 Å². The van der Waals surface area contributed by atoms with Crippen molar-refractivity contribution in [3.63, 3.8) is 0 Å². The summed E-state index contributed by atoms with van der Waals surface area (Å²) >= 11 is 6.14. The van der Waals surface area contributed by atoms with E-state index in [-0.39, 0.29) is 5.75 Å². The van der Waals surface area contributed by atoms with Gasteiger partial charge in [-0.05, 0) is 37.9 Å². The van der Waals surface area contributed by atoms with Gasteiger partial charge >= 0.3 is 0 Å². The number of nitrogens with zero attached hydrogens (tertiary/aromatic N) is 1. The molecule has 0 amide bonds. The molecule has 4 nitrogen and oxygen atoms in total. The van der Waals surface area contributed by atoms with Crippen LogP contribution < -0.4 is 5.73 Å². The summed E-state index contributed by atoms with van der Waals surface area (Å²) in [6.45, 7) is 4.08. The Kier molecular flexibility index (Phi) is 6.10. The largest absolute Gasteiger partial charge is 0.508 e. The van der Waals surface area contributed by atoms with Gasteiger partial charge in [-0.2, -0.15) is 0 Å². The van der Waals surface area contributed by atoms with E-state index < -0.39 is 0 Å². The van der Waals surface area contributed by atoms with Crippen molar-refractivity contribution in [2.45, 2.75) is 31.9 Å². The number of halogens is 1. The molecule has 2 rings (SSSR count). The molecule has 3 N–H and O–H groups in total. The van der Waals surface area contributed by atoms with E-state index in [2.05, 4.69) is 4.90 Å². The van der Waals surface area contributed by atoms with E-state index in [1.54, 1.807) is 12.1 Å². The molecule has 5 heteroatoms. The van der Waals surface area contributed by atoms with Gasteiger partial charge < -0.3 is 15.6 Å². The number of phenolic OH excluding ortho intramolecular Hbond substituents is 1. The Labute approximate surface area is 125 Å². The van der Waals surface area contributed by atoms with Gasteiger partial charge in [0.2, 0.25) is 0 Å². The minimum atomic E-state index is 0.277. The molecule has 0 atom stereocenters. The lowest BCUT2D eigenvalue weighted by molar-refractivity contribution is 0.00554. The zero-order valence-corrected chi connectivity index (χ0v) is 12.5. The predicted octanol–water partition coefficient (Wildman–Crippen LogP) is 2.38. The Morgan fingerprint density at radius 3 is 2.75 bits per heavy atom. The smallest absolute Gasteiger partial charge is 0.121 e. The predicted molar refractivity (Wildman–Crippen MR) is 81.0 cm³/mol. The molecule has 112 valence electrons. The van der Waals surface area contributed by atoms with Crippen LogP contribution >= 0.6 is 11.6 Å². The maximum absolute atomic E-state index is 9.87. The quantitative estimate of drug-likeness (QED) is 0.792. The highest BCUT2D eigenvalue weighted by molar-refractivity contribution is 6.31. The first-order valence-electron chi connectivity index (χ1n) is 7.21. The third-order valence-electron chi connectivity index (χ3n) is 3.71. The third kappa shape index (κ3) is 4.35. The van der Waals surface area contributed by atoms with E-state index in [0.29, 0.717) is 24.2 Å². The lowest BCUT2D eigenvalue weighted by Crippen LogP contribution is -2.36. The Balaban J connectivity index is 1.80. The molecule has 1 aliphatic rings. The highest BCUT2D eigenvalue weighted by atomic mass is 35.5. The van der Waals surface area contributed by atoms with Crippen LogP contribution in [-0.2, 0) is 11.3 Å². The SMILES string of the molecule is NCCCOC1CCN(Cc2c(O)cccc2Cl)CC1. The summed E-state index contributed by atoms with van der Waals surface area (Å²) in [4.78, 5) is 2.31. The van der Waals surface area contributed by atoms with Crippen molar-refractivity contribution in [2.24, 2.45) is 5.73 Å². The van der Waals surface area contributed by atoms with E-state index in [4.69, 9.17) is 22.1 Å². The van der Waals surface area contributed by atoms with Crippen LogP contribution in [0.5, 0.6) is 5.75 Å². The minimum Gasteiger partial charge on any atom is -0.508 e. The fraction of sp³-hybridized carbons (Fsp3) is 0.600. The Bertz CT molecular complexity index is 400. The van der Waals surface area contributed by atoms with Gasteiger partial charge in [0, 0.05) is 36.8 Å². The monoisotopic (exact) mass is 298 g/mol. The Morgan fingerprint density at radius 1 is 1.35 bits per heavy atom. The van der Waals surface area contributed by atoms with Crippen molar-refractivity contribution in [2.75, 3.05) is 26.2 Å². The van der Waals surface area contributed by atoms with E-state index in [0.717, 1.165) is 44.5 Å². The van der Waals surface area contributed by atoms with Crippen LogP contribution in [0.4, 0.5) is 0 Å². The number of piperidine rings is 1. The van der Waals surface area contributed by atoms with Crippen molar-refractivity contribution < 1.29 is 9.84 Å². The lowest BCUT2D eigenvalue weighted by Gasteiger charge is -2.32. The van der Waals surface area contributed by atoms with Gasteiger partial charge in [0.15, 0.2) is 0 Å². The lowest BCUT2D eigenvalue weighted by atomic mass is 10.1. The minimum absolute atomic E-state index is 0.277. The zero-order chi connectivity index (χ0) is 14.4. The average molecular weight is 299 g/mol. The summed E-state index contributed by atoms with van der Waals surface area (Å²) in [6.07, 6.45) is 3.32. The summed E-state index contributed by atoms with van der Waals surface area (Å²) in [5.74, 6) is 0.277. The van der Waals surface area contributed by atoms with E-state index in [1.807, 2.05) is 6.07 Å². The van der Waals surface area contributed by atoms with Gasteiger partial charge in [-0.15, -0.1) is 0 Å². The number of hydrogen-bond donors (Lipinski definition) is 2. The number of aromatic hydroxyl groups is 1. The van der Waals surface area contributed by atoms with E-state index in [1.165, 1.54) is 0 Å². The van der Waals surface area contributed by atoms with Crippen LogP contribution in [0, 0.1) is 0 Å². The molecule has 1 aromatic rings. The Morgan fingerprint density at radius 2 is 2.10 bits per heavy atom. The number of nitrogens with two attached hydrogens (primary N) is 1. The topological polar surface area (TPSA) is 58.7 Å². The van der Waals surface area contributed by atoms with Gasteiger partial charge in [0.1, 0.15) is 5.75 Å². The van der Waals surface area contributed by atoms with E-state index >= 15 is 0 Å². The molecule has 0 spiro atoms. The van der Waals surface area contributed by atoms with Gasteiger partial charge in [-0.3, -0.25) is 4.90 Å². The number of phenols is 1. The van der Waals surface area contributed by atoms with Gasteiger partial charge in [-0.1, -0.05) is 17.7 Å².